The number of fused-ring (bicyclic) bond motifs is 1. The first-order valence-electron chi connectivity index (χ1n) is 10.6. The predicted molar refractivity (Wildman–Crippen MR) is 116 cm³/mol. The van der Waals surface area contributed by atoms with Gasteiger partial charge in [0, 0.05) is 16.6 Å². The second-order valence-electron chi connectivity index (χ2n) is 7.89. The number of carbonyl (C=O) groups excluding carboxylic acids is 1. The number of carbonyl (C=O) groups is 2. The number of carboxylic acids is 1. The van der Waals surface area contributed by atoms with Crippen molar-refractivity contribution in [2.45, 2.75) is 51.8 Å². The van der Waals surface area contributed by atoms with E-state index in [4.69, 9.17) is 0 Å². The molecule has 0 spiro atoms. The van der Waals surface area contributed by atoms with E-state index in [-0.39, 0.29) is 34.1 Å². The Kier molecular flexibility index (Phi) is 7.18. The van der Waals surface area contributed by atoms with Gasteiger partial charge in [0.2, 0.25) is 0 Å². The molecule has 2 aromatic carbocycles. The van der Waals surface area contributed by atoms with Crippen LogP contribution in [0, 0.1) is 12.7 Å². The molecular weight excluding hydrogens is 458 g/mol. The topological polar surface area (TPSA) is 88.8 Å². The van der Waals surface area contributed by atoms with Crippen LogP contribution in [0.4, 0.5) is 17.6 Å². The molecule has 0 amide bonds. The molecule has 0 bridgehead atoms. The Morgan fingerprint density at radius 3 is 2.29 bits per heavy atom. The maximum absolute atomic E-state index is 15.0. The number of hydrogen-bond acceptors (Lipinski definition) is 4. The Morgan fingerprint density at radius 1 is 1.09 bits per heavy atom. The van der Waals surface area contributed by atoms with Crippen LogP contribution in [-0.4, -0.2) is 33.0 Å². The van der Waals surface area contributed by atoms with E-state index < -0.39 is 41.5 Å². The van der Waals surface area contributed by atoms with Crippen LogP contribution < -0.4 is 4.74 Å². The van der Waals surface area contributed by atoms with Crippen molar-refractivity contribution in [3.8, 4) is 11.5 Å². The minimum absolute atomic E-state index is 0.0209. The number of benzene rings is 2. The van der Waals surface area contributed by atoms with Crippen LogP contribution in [0.2, 0.25) is 0 Å². The van der Waals surface area contributed by atoms with Gasteiger partial charge in [0.15, 0.2) is 11.6 Å². The lowest BCUT2D eigenvalue weighted by Gasteiger charge is -2.14. The Bertz CT molecular complexity index is 1220. The smallest absolute Gasteiger partial charge is 0.505 e. The van der Waals surface area contributed by atoms with Gasteiger partial charge in [-0.05, 0) is 55.3 Å². The zero-order valence-corrected chi connectivity index (χ0v) is 18.4. The van der Waals surface area contributed by atoms with Crippen LogP contribution in [0.3, 0.4) is 0 Å². The van der Waals surface area contributed by atoms with Crippen molar-refractivity contribution < 1.29 is 42.1 Å². The van der Waals surface area contributed by atoms with Crippen molar-refractivity contribution in [1.82, 2.24) is 4.57 Å². The monoisotopic (exact) mass is 481 g/mol. The molecule has 34 heavy (non-hydrogen) atoms. The Balaban J connectivity index is 2.15. The molecule has 2 N–H and O–H groups in total. The molecular formula is C24H23F4NO5. The van der Waals surface area contributed by atoms with Gasteiger partial charge in [-0.25, -0.2) is 4.39 Å². The molecule has 0 fully saturated rings. The van der Waals surface area contributed by atoms with E-state index in [1.54, 1.807) is 0 Å². The number of carboxylic acid groups (broad SMARTS) is 1. The van der Waals surface area contributed by atoms with Gasteiger partial charge in [-0.3, -0.25) is 14.2 Å². The summed E-state index contributed by atoms with van der Waals surface area (Å²) in [6.45, 7) is 3.43. The van der Waals surface area contributed by atoms with E-state index in [9.17, 15) is 33.0 Å². The quantitative estimate of drug-likeness (QED) is 0.299. The van der Waals surface area contributed by atoms with Crippen molar-refractivity contribution in [3.63, 3.8) is 0 Å². The highest BCUT2D eigenvalue weighted by Gasteiger charge is 2.32. The molecule has 0 saturated heterocycles. The van der Waals surface area contributed by atoms with Crippen LogP contribution in [0.25, 0.3) is 10.9 Å². The van der Waals surface area contributed by atoms with E-state index in [0.717, 1.165) is 47.7 Å². The number of halogens is 4. The minimum atomic E-state index is -4.89. The molecule has 0 unspecified atom stereocenters. The molecule has 0 aliphatic heterocycles. The van der Waals surface area contributed by atoms with E-state index in [1.807, 2.05) is 6.92 Å². The number of rotatable bonds is 8. The summed E-state index contributed by atoms with van der Waals surface area (Å²) in [6.07, 6.45) is -2.52. The number of aromatic hydroxyl groups is 1. The summed E-state index contributed by atoms with van der Waals surface area (Å²) in [5.41, 5.74) is 0.277. The normalized spacial score (nSPS) is 12.6. The summed E-state index contributed by atoms with van der Waals surface area (Å²) in [7, 11) is 0. The highest BCUT2D eigenvalue weighted by Crippen LogP contribution is 2.39. The maximum Gasteiger partial charge on any atom is 0.573 e. The minimum Gasteiger partial charge on any atom is -0.505 e. The fourth-order valence-corrected chi connectivity index (χ4v) is 4.09. The van der Waals surface area contributed by atoms with Gasteiger partial charge in [-0.15, -0.1) is 13.2 Å². The van der Waals surface area contributed by atoms with Crippen molar-refractivity contribution in [2.75, 3.05) is 0 Å². The molecule has 1 aromatic heterocycles. The molecule has 1 atom stereocenters. The largest absolute Gasteiger partial charge is 0.573 e. The molecule has 6 nitrogen and oxygen atoms in total. The zero-order chi connectivity index (χ0) is 25.2. The van der Waals surface area contributed by atoms with Crippen LogP contribution in [-0.2, 0) is 4.79 Å². The summed E-state index contributed by atoms with van der Waals surface area (Å²) in [5, 5.41) is 19.6. The molecule has 0 aliphatic carbocycles. The van der Waals surface area contributed by atoms with Crippen LogP contribution in [0.15, 0.2) is 36.4 Å². The number of hydrogen-bond donors (Lipinski definition) is 2. The van der Waals surface area contributed by atoms with Crippen molar-refractivity contribution in [1.29, 1.82) is 0 Å². The number of aromatic nitrogens is 1. The third-order valence-electron chi connectivity index (χ3n) is 5.62. The van der Waals surface area contributed by atoms with Gasteiger partial charge in [-0.1, -0.05) is 26.2 Å². The highest BCUT2D eigenvalue weighted by molar-refractivity contribution is 6.05. The van der Waals surface area contributed by atoms with Gasteiger partial charge in [0.05, 0.1) is 11.4 Å². The number of phenols is 1. The Morgan fingerprint density at radius 2 is 1.74 bits per heavy atom. The molecule has 3 aromatic rings. The lowest BCUT2D eigenvalue weighted by atomic mass is 9.90. The van der Waals surface area contributed by atoms with E-state index >= 15 is 4.39 Å². The standard InChI is InChI=1S/C24H23F4NO5/c1-3-4-5-6-16(23(32)33)19-13(2)29(17-11-12-18(30)21(25)20(17)19)22(31)14-7-9-15(10-8-14)34-24(26,27)28/h7-12,16,30H,3-6H2,1-2H3,(H,32,33)/t16-/m0/s1. The summed E-state index contributed by atoms with van der Waals surface area (Å²) in [5.74, 6) is -5.27. The molecule has 10 heteroatoms. The number of ether oxygens (including phenoxy) is 1. The SMILES string of the molecule is CCCCC[C@H](C(=O)O)c1c(C)n(C(=O)c2ccc(OC(F)(F)F)cc2)c2ccc(O)c(F)c12. The number of phenolic OH excluding ortho intramolecular Hbond substituents is 1. The first-order chi connectivity index (χ1) is 16.0. The summed E-state index contributed by atoms with van der Waals surface area (Å²) < 4.78 is 57.2. The number of unbranched alkanes of at least 4 members (excludes halogenated alkanes) is 2. The second-order valence-corrected chi connectivity index (χ2v) is 7.89. The Hall–Kier alpha value is -3.56. The number of nitrogens with zero attached hydrogens (tertiary/aromatic N) is 1. The van der Waals surface area contributed by atoms with E-state index in [2.05, 4.69) is 4.74 Å². The number of aliphatic carboxylic acids is 1. The maximum atomic E-state index is 15.0. The van der Waals surface area contributed by atoms with Gasteiger partial charge >= 0.3 is 12.3 Å². The van der Waals surface area contributed by atoms with Crippen molar-refractivity contribution in [2.24, 2.45) is 0 Å². The van der Waals surface area contributed by atoms with Gasteiger partial charge in [0.25, 0.3) is 5.91 Å². The molecule has 182 valence electrons. The zero-order valence-electron chi connectivity index (χ0n) is 18.4. The summed E-state index contributed by atoms with van der Waals surface area (Å²) >= 11 is 0. The summed E-state index contributed by atoms with van der Waals surface area (Å²) in [4.78, 5) is 25.4. The molecule has 0 saturated carbocycles. The average Bonchev–Trinajstić information content (AvgIpc) is 3.05. The molecule has 1 heterocycles. The van der Waals surface area contributed by atoms with Crippen LogP contribution in [0.5, 0.6) is 11.5 Å². The predicted octanol–water partition coefficient (Wildman–Crippen LogP) is 6.13. The highest BCUT2D eigenvalue weighted by atomic mass is 19.4. The van der Waals surface area contributed by atoms with Gasteiger partial charge < -0.3 is 14.9 Å². The summed E-state index contributed by atoms with van der Waals surface area (Å²) in [6, 6.07) is 6.55. The van der Waals surface area contributed by atoms with E-state index in [1.165, 1.54) is 13.0 Å². The average molecular weight is 481 g/mol. The fourth-order valence-electron chi connectivity index (χ4n) is 4.09. The number of alkyl halides is 3. The van der Waals surface area contributed by atoms with E-state index in [0.29, 0.717) is 6.42 Å². The first kappa shape index (κ1) is 25.1. The third kappa shape index (κ3) is 5.00. The lowest BCUT2D eigenvalue weighted by molar-refractivity contribution is -0.274. The van der Waals surface area contributed by atoms with Gasteiger partial charge in [-0.2, -0.15) is 0 Å². The Labute approximate surface area is 192 Å². The van der Waals surface area contributed by atoms with Crippen molar-refractivity contribution in [3.05, 3.63) is 59.0 Å². The van der Waals surface area contributed by atoms with Crippen LogP contribution in [0.1, 0.15) is 60.1 Å². The molecule has 0 aliphatic rings. The first-order valence-corrected chi connectivity index (χ1v) is 10.6. The molecule has 0 radical (unpaired) electrons. The third-order valence-corrected chi connectivity index (χ3v) is 5.62. The lowest BCUT2D eigenvalue weighted by Crippen LogP contribution is -2.18. The molecule has 3 rings (SSSR count). The van der Waals surface area contributed by atoms with Gasteiger partial charge in [0.1, 0.15) is 5.75 Å². The van der Waals surface area contributed by atoms with Crippen molar-refractivity contribution >= 4 is 22.8 Å². The second kappa shape index (κ2) is 9.74. The van der Waals surface area contributed by atoms with Crippen LogP contribution >= 0.6 is 0 Å². The fraction of sp³-hybridized carbons (Fsp3) is 0.333.